The average molecular weight is 400 g/mol. The van der Waals surface area contributed by atoms with Gasteiger partial charge < -0.3 is 11.1 Å². The van der Waals surface area contributed by atoms with Crippen LogP contribution in [-0.2, 0) is 0 Å². The van der Waals surface area contributed by atoms with Crippen LogP contribution in [0.4, 0.5) is 11.4 Å². The van der Waals surface area contributed by atoms with E-state index in [0.717, 1.165) is 31.4 Å². The van der Waals surface area contributed by atoms with Gasteiger partial charge in [0.05, 0.1) is 5.69 Å². The molecule has 0 unspecified atom stereocenters. The fourth-order valence-electron chi connectivity index (χ4n) is 1.71. The zero-order valence-corrected chi connectivity index (χ0v) is 14.2. The van der Waals surface area contributed by atoms with Crippen molar-refractivity contribution in [1.29, 1.82) is 0 Å². The van der Waals surface area contributed by atoms with Gasteiger partial charge in [0.15, 0.2) is 0 Å². The molecule has 0 amide bonds. The lowest BCUT2D eigenvalue weighted by Gasteiger charge is -2.13. The van der Waals surface area contributed by atoms with Crippen LogP contribution in [0.1, 0.15) is 11.1 Å². The first-order chi connectivity index (χ1) is 8.97. The van der Waals surface area contributed by atoms with Gasteiger partial charge in [-0.3, -0.25) is 0 Å². The molecule has 0 saturated carbocycles. The van der Waals surface area contributed by atoms with E-state index in [1.807, 2.05) is 43.3 Å². The van der Waals surface area contributed by atoms with Crippen molar-refractivity contribution in [2.75, 3.05) is 5.32 Å². The van der Waals surface area contributed by atoms with Crippen molar-refractivity contribution in [3.63, 3.8) is 0 Å². The topological polar surface area (TPSA) is 38.0 Å². The van der Waals surface area contributed by atoms with Crippen molar-refractivity contribution in [3.05, 3.63) is 56.5 Å². The van der Waals surface area contributed by atoms with Crippen LogP contribution in [-0.4, -0.2) is 4.99 Å². The number of thiocarbonyl (C=S) groups is 1. The Labute approximate surface area is 134 Å². The maximum atomic E-state index is 5.75. The molecular weight excluding hydrogens is 388 g/mol. The molecule has 0 bridgehead atoms. The molecule has 2 aromatic rings. The van der Waals surface area contributed by atoms with Gasteiger partial charge in [0.2, 0.25) is 0 Å². The number of hydrogen-bond acceptors (Lipinski definition) is 2. The van der Waals surface area contributed by atoms with E-state index < -0.39 is 0 Å². The zero-order valence-electron chi connectivity index (χ0n) is 10.2. The minimum Gasteiger partial charge on any atom is -0.389 e. The Kier molecular flexibility index (Phi) is 4.60. The van der Waals surface area contributed by atoms with E-state index in [9.17, 15) is 0 Å². The third-order valence-electron chi connectivity index (χ3n) is 2.64. The summed E-state index contributed by atoms with van der Waals surface area (Å²) in [4.78, 5) is 0.385. The largest absolute Gasteiger partial charge is 0.389 e. The molecular formula is C14H12Br2N2S. The molecule has 0 aliphatic carbocycles. The average Bonchev–Trinajstić information content (AvgIpc) is 2.32. The third-order valence-corrected chi connectivity index (χ3v) is 4.01. The normalized spacial score (nSPS) is 10.3. The summed E-state index contributed by atoms with van der Waals surface area (Å²) >= 11 is 12.0. The first-order valence-electron chi connectivity index (χ1n) is 5.60. The minimum atomic E-state index is 0.385. The number of aryl methyl sites for hydroxylation is 1. The highest BCUT2D eigenvalue weighted by Gasteiger charge is 2.08. The molecule has 0 spiro atoms. The molecule has 3 N–H and O–H groups in total. The molecule has 0 aliphatic heterocycles. The monoisotopic (exact) mass is 398 g/mol. The SMILES string of the molecule is Cc1ccc(C(N)=S)c(Nc2ccc(Br)cc2Br)c1. The molecule has 98 valence electrons. The van der Waals surface area contributed by atoms with Gasteiger partial charge in [0, 0.05) is 20.2 Å². The fourth-order valence-corrected chi connectivity index (χ4v) is 3.04. The lowest BCUT2D eigenvalue weighted by Crippen LogP contribution is -2.12. The van der Waals surface area contributed by atoms with Crippen LogP contribution < -0.4 is 11.1 Å². The predicted octanol–water partition coefficient (Wildman–Crippen LogP) is 4.90. The molecule has 19 heavy (non-hydrogen) atoms. The summed E-state index contributed by atoms with van der Waals surface area (Å²) in [7, 11) is 0. The van der Waals surface area contributed by atoms with E-state index in [1.54, 1.807) is 0 Å². The van der Waals surface area contributed by atoms with Crippen molar-refractivity contribution in [2.45, 2.75) is 6.92 Å². The quantitative estimate of drug-likeness (QED) is 0.721. The molecule has 0 fully saturated rings. The van der Waals surface area contributed by atoms with Crippen LogP contribution in [0.3, 0.4) is 0 Å². The number of benzene rings is 2. The molecule has 0 saturated heterocycles. The molecule has 0 aromatic heterocycles. The van der Waals surface area contributed by atoms with Crippen molar-refractivity contribution in [2.24, 2.45) is 5.73 Å². The Bertz CT molecular complexity index is 641. The van der Waals surface area contributed by atoms with E-state index in [-0.39, 0.29) is 0 Å². The zero-order chi connectivity index (χ0) is 14.0. The van der Waals surface area contributed by atoms with Crippen molar-refractivity contribution >= 4 is 60.4 Å². The van der Waals surface area contributed by atoms with Gasteiger partial charge >= 0.3 is 0 Å². The van der Waals surface area contributed by atoms with Gasteiger partial charge in [-0.1, -0.05) is 34.2 Å². The van der Waals surface area contributed by atoms with Gasteiger partial charge in [0.25, 0.3) is 0 Å². The number of rotatable bonds is 3. The molecule has 0 heterocycles. The van der Waals surface area contributed by atoms with Crippen LogP contribution in [0.15, 0.2) is 45.3 Å². The summed E-state index contributed by atoms with van der Waals surface area (Å²) in [6.45, 7) is 2.03. The summed E-state index contributed by atoms with van der Waals surface area (Å²) in [6.07, 6.45) is 0. The predicted molar refractivity (Wildman–Crippen MR) is 92.2 cm³/mol. The Hall–Kier alpha value is -0.910. The van der Waals surface area contributed by atoms with E-state index in [0.29, 0.717) is 4.99 Å². The van der Waals surface area contributed by atoms with E-state index in [2.05, 4.69) is 37.2 Å². The van der Waals surface area contributed by atoms with Gasteiger partial charge in [-0.2, -0.15) is 0 Å². The van der Waals surface area contributed by atoms with Crippen LogP contribution in [0.2, 0.25) is 0 Å². The first kappa shape index (κ1) is 14.5. The van der Waals surface area contributed by atoms with Crippen molar-refractivity contribution < 1.29 is 0 Å². The summed E-state index contributed by atoms with van der Waals surface area (Å²) in [6, 6.07) is 11.9. The van der Waals surface area contributed by atoms with Crippen molar-refractivity contribution in [3.8, 4) is 0 Å². The van der Waals surface area contributed by atoms with Crippen molar-refractivity contribution in [1.82, 2.24) is 0 Å². The lowest BCUT2D eigenvalue weighted by molar-refractivity contribution is 1.42. The maximum absolute atomic E-state index is 5.75. The number of nitrogens with one attached hydrogen (secondary N) is 1. The van der Waals surface area contributed by atoms with Gasteiger partial charge in [0.1, 0.15) is 4.99 Å². The van der Waals surface area contributed by atoms with Gasteiger partial charge in [-0.15, -0.1) is 0 Å². The van der Waals surface area contributed by atoms with E-state index in [1.165, 1.54) is 0 Å². The fraction of sp³-hybridized carbons (Fsp3) is 0.0714. The lowest BCUT2D eigenvalue weighted by atomic mass is 10.1. The number of halogens is 2. The van der Waals surface area contributed by atoms with Crippen LogP contribution in [0, 0.1) is 6.92 Å². The number of nitrogens with two attached hydrogens (primary N) is 1. The number of hydrogen-bond donors (Lipinski definition) is 2. The third kappa shape index (κ3) is 3.55. The minimum absolute atomic E-state index is 0.385. The smallest absolute Gasteiger partial charge is 0.106 e. The summed E-state index contributed by atoms with van der Waals surface area (Å²) in [5, 5.41) is 3.35. The molecule has 5 heteroatoms. The highest BCUT2D eigenvalue weighted by molar-refractivity contribution is 9.11. The summed E-state index contributed by atoms with van der Waals surface area (Å²) < 4.78 is 1.99. The highest BCUT2D eigenvalue weighted by Crippen LogP contribution is 2.30. The van der Waals surface area contributed by atoms with Crippen LogP contribution in [0.25, 0.3) is 0 Å². The second-order valence-electron chi connectivity index (χ2n) is 4.16. The van der Waals surface area contributed by atoms with Crippen LogP contribution >= 0.6 is 44.1 Å². The molecule has 0 aliphatic rings. The molecule has 2 rings (SSSR count). The second-order valence-corrected chi connectivity index (χ2v) is 6.37. The first-order valence-corrected chi connectivity index (χ1v) is 7.59. The Morgan fingerprint density at radius 2 is 1.84 bits per heavy atom. The van der Waals surface area contributed by atoms with Gasteiger partial charge in [-0.05, 0) is 58.7 Å². The van der Waals surface area contributed by atoms with E-state index >= 15 is 0 Å². The maximum Gasteiger partial charge on any atom is 0.106 e. The standard InChI is InChI=1S/C14H12Br2N2S/c1-8-2-4-10(14(17)19)13(6-8)18-12-5-3-9(15)7-11(12)16/h2-7,18H,1H3,(H2,17,19). The Morgan fingerprint density at radius 3 is 2.47 bits per heavy atom. The molecule has 0 atom stereocenters. The van der Waals surface area contributed by atoms with E-state index in [4.69, 9.17) is 18.0 Å². The Balaban J connectivity index is 2.42. The molecule has 2 aromatic carbocycles. The van der Waals surface area contributed by atoms with Gasteiger partial charge in [-0.25, -0.2) is 0 Å². The number of anilines is 2. The Morgan fingerprint density at radius 1 is 1.11 bits per heavy atom. The summed E-state index contributed by atoms with van der Waals surface area (Å²) in [5.41, 5.74) is 9.62. The highest BCUT2D eigenvalue weighted by atomic mass is 79.9. The molecule has 2 nitrogen and oxygen atoms in total. The summed E-state index contributed by atoms with van der Waals surface area (Å²) in [5.74, 6) is 0. The second kappa shape index (κ2) is 6.03. The van der Waals surface area contributed by atoms with Crippen LogP contribution in [0.5, 0.6) is 0 Å². The molecule has 0 radical (unpaired) electrons.